The minimum Gasteiger partial charge on any atom is -0.477 e. The molecule has 5 N–H and O–H groups in total. The molecule has 0 saturated carbocycles. The number of amides is 1. The lowest BCUT2D eigenvalue weighted by molar-refractivity contribution is -0.289. The second kappa shape index (κ2) is 8.78. The van der Waals surface area contributed by atoms with Crippen LogP contribution < -0.4 is 5.32 Å². The fourth-order valence-corrected chi connectivity index (χ4v) is 2.40. The number of aliphatic hydroxyl groups excluding tert-OH is 3. The molecule has 0 aromatic carbocycles. The van der Waals surface area contributed by atoms with E-state index in [2.05, 4.69) is 15.3 Å². The van der Waals surface area contributed by atoms with Crippen LogP contribution in [0.5, 0.6) is 0 Å². The largest absolute Gasteiger partial charge is 0.477 e. The average molecular weight is 348 g/mol. The first-order chi connectivity index (χ1) is 11.3. The Kier molecular flexibility index (Phi) is 7.35. The molecule has 1 rings (SSSR count). The van der Waals surface area contributed by atoms with E-state index in [1.165, 1.54) is 0 Å². The molecule has 1 unspecified atom stereocenters. The Morgan fingerprint density at radius 1 is 1.54 bits per heavy atom. The minimum atomic E-state index is -2.05. The maximum atomic E-state index is 11.7. The normalized spacial score (nSPS) is 29.2. The van der Waals surface area contributed by atoms with Crippen molar-refractivity contribution in [1.29, 1.82) is 0 Å². The number of carbonyl (C=O) groups excluding carboxylic acids is 1. The summed E-state index contributed by atoms with van der Waals surface area (Å²) in [5.41, 5.74) is 8.20. The van der Waals surface area contributed by atoms with Gasteiger partial charge in [-0.25, -0.2) is 4.79 Å². The quantitative estimate of drug-likeness (QED) is 0.190. The maximum Gasteiger partial charge on any atom is 0.364 e. The van der Waals surface area contributed by atoms with Crippen molar-refractivity contribution in [2.24, 2.45) is 5.11 Å². The van der Waals surface area contributed by atoms with Crippen LogP contribution in [0.2, 0.25) is 0 Å². The molecule has 1 aliphatic rings. The van der Waals surface area contributed by atoms with Crippen LogP contribution in [-0.2, 0) is 19.1 Å². The lowest BCUT2D eigenvalue weighted by Crippen LogP contribution is -2.63. The van der Waals surface area contributed by atoms with Gasteiger partial charge in [0, 0.05) is 18.4 Å². The molecule has 0 aliphatic carbocycles. The van der Waals surface area contributed by atoms with Gasteiger partial charge in [-0.1, -0.05) is 5.11 Å². The summed E-state index contributed by atoms with van der Waals surface area (Å²) in [5, 5.41) is 43.5. The van der Waals surface area contributed by atoms with Gasteiger partial charge < -0.3 is 35.2 Å². The van der Waals surface area contributed by atoms with Gasteiger partial charge in [0.25, 0.3) is 5.79 Å². The van der Waals surface area contributed by atoms with Gasteiger partial charge in [0.05, 0.1) is 12.6 Å². The molecule has 12 nitrogen and oxygen atoms in total. The van der Waals surface area contributed by atoms with Gasteiger partial charge in [-0.2, -0.15) is 0 Å². The van der Waals surface area contributed by atoms with Crippen molar-refractivity contribution < 1.29 is 39.5 Å². The number of methoxy groups -OCH3 is 1. The van der Waals surface area contributed by atoms with Crippen LogP contribution >= 0.6 is 0 Å². The number of nitrogens with zero attached hydrogens (tertiary/aromatic N) is 3. The first kappa shape index (κ1) is 20.1. The number of rotatable bonds is 8. The summed E-state index contributed by atoms with van der Waals surface area (Å²) in [4.78, 5) is 25.5. The fraction of sp³-hybridized carbons (Fsp3) is 0.833. The van der Waals surface area contributed by atoms with Crippen molar-refractivity contribution in [3.8, 4) is 0 Å². The molecule has 0 radical (unpaired) electrons. The third-order valence-electron chi connectivity index (χ3n) is 3.70. The Balaban J connectivity index is 2.99. The van der Waals surface area contributed by atoms with Crippen molar-refractivity contribution >= 4 is 11.9 Å². The zero-order chi connectivity index (χ0) is 18.3. The second-order valence-corrected chi connectivity index (χ2v) is 5.19. The number of nitrogens with one attached hydrogen (secondary N) is 1. The first-order valence-electron chi connectivity index (χ1n) is 7.05. The Bertz CT molecular complexity index is 511. The van der Waals surface area contributed by atoms with E-state index in [1.54, 1.807) is 0 Å². The molecule has 1 fully saturated rings. The van der Waals surface area contributed by atoms with E-state index in [0.717, 1.165) is 7.11 Å². The highest BCUT2D eigenvalue weighted by Crippen LogP contribution is 2.32. The Labute approximate surface area is 136 Å². The van der Waals surface area contributed by atoms with Crippen LogP contribution in [0, 0.1) is 0 Å². The van der Waals surface area contributed by atoms with Crippen molar-refractivity contribution in [3.63, 3.8) is 0 Å². The topological polar surface area (TPSA) is 194 Å². The molecule has 1 heterocycles. The third-order valence-corrected chi connectivity index (χ3v) is 3.70. The van der Waals surface area contributed by atoms with E-state index in [-0.39, 0.29) is 12.8 Å². The van der Waals surface area contributed by atoms with Crippen LogP contribution in [0.3, 0.4) is 0 Å². The lowest BCUT2D eigenvalue weighted by atomic mass is 9.91. The number of aliphatic carboxylic acids is 1. The first-order valence-corrected chi connectivity index (χ1v) is 7.05. The number of carbonyl (C=O) groups is 2. The number of hydrogen-bond acceptors (Lipinski definition) is 8. The highest BCUT2D eigenvalue weighted by Gasteiger charge is 2.51. The van der Waals surface area contributed by atoms with Crippen LogP contribution in [0.25, 0.3) is 10.4 Å². The highest BCUT2D eigenvalue weighted by molar-refractivity contribution is 5.79. The number of carboxylic acids is 1. The minimum absolute atomic E-state index is 0.0437. The van der Waals surface area contributed by atoms with E-state index in [1.807, 2.05) is 0 Å². The number of azide groups is 1. The zero-order valence-electron chi connectivity index (χ0n) is 12.9. The van der Waals surface area contributed by atoms with Crippen LogP contribution in [0.15, 0.2) is 5.11 Å². The highest BCUT2D eigenvalue weighted by atomic mass is 16.7. The molecule has 0 bridgehead atoms. The molecule has 12 heteroatoms. The molecule has 136 valence electrons. The number of aliphatic hydroxyl groups is 3. The predicted octanol–water partition coefficient (Wildman–Crippen LogP) is -1.90. The second-order valence-electron chi connectivity index (χ2n) is 5.19. The van der Waals surface area contributed by atoms with E-state index in [0.29, 0.717) is 0 Å². The van der Waals surface area contributed by atoms with Crippen LogP contribution in [-0.4, -0.2) is 82.7 Å². The fourth-order valence-electron chi connectivity index (χ4n) is 2.40. The molecule has 5 atom stereocenters. The van der Waals surface area contributed by atoms with Gasteiger partial charge in [-0.15, -0.1) is 0 Å². The summed E-state index contributed by atoms with van der Waals surface area (Å²) in [5.74, 6) is -4.15. The van der Waals surface area contributed by atoms with Crippen LogP contribution in [0.4, 0.5) is 0 Å². The molecule has 1 saturated heterocycles. The standard InChI is InChI=1S/C12H20N4O8/c1-23-12(11(21)22)3-2-6(15-8(19)4-14-16-13)10(24-12)9(20)7(18)5-17/h6-7,9-10,17-18,20H,2-5H2,1H3,(H,15,19)(H,21,22)/t6-,7-,9-,10?,12-/m1/s1. The third kappa shape index (κ3) is 4.54. The maximum absolute atomic E-state index is 11.7. The van der Waals surface area contributed by atoms with Crippen molar-refractivity contribution in [3.05, 3.63) is 10.4 Å². The van der Waals surface area contributed by atoms with E-state index in [4.69, 9.17) is 20.1 Å². The molecule has 0 spiro atoms. The van der Waals surface area contributed by atoms with Gasteiger partial charge in [-0.3, -0.25) is 4.79 Å². The van der Waals surface area contributed by atoms with Crippen molar-refractivity contribution in [1.82, 2.24) is 5.32 Å². The molecular formula is C12H20N4O8. The summed E-state index contributed by atoms with van der Waals surface area (Å²) < 4.78 is 10.2. The van der Waals surface area contributed by atoms with E-state index >= 15 is 0 Å². The molecule has 0 aromatic rings. The number of carboxylic acid groups (broad SMARTS) is 1. The smallest absolute Gasteiger partial charge is 0.364 e. The van der Waals surface area contributed by atoms with E-state index < -0.39 is 55.2 Å². The average Bonchev–Trinajstić information content (AvgIpc) is 2.58. The Hall–Kier alpha value is -1.95. The number of ether oxygens (including phenoxy) is 2. The summed E-state index contributed by atoms with van der Waals surface area (Å²) in [6, 6.07) is -0.884. The predicted molar refractivity (Wildman–Crippen MR) is 76.5 cm³/mol. The molecule has 1 amide bonds. The molecule has 24 heavy (non-hydrogen) atoms. The summed E-state index contributed by atoms with van der Waals surface area (Å²) >= 11 is 0. The number of hydrogen-bond donors (Lipinski definition) is 5. The molecule has 0 aromatic heterocycles. The molecular weight excluding hydrogens is 328 g/mol. The van der Waals surface area contributed by atoms with E-state index in [9.17, 15) is 24.9 Å². The van der Waals surface area contributed by atoms with Gasteiger partial charge >= 0.3 is 5.97 Å². The van der Waals surface area contributed by atoms with Gasteiger partial charge in [0.15, 0.2) is 0 Å². The summed E-state index contributed by atoms with van der Waals surface area (Å²) in [6.07, 6.45) is -4.76. The summed E-state index contributed by atoms with van der Waals surface area (Å²) in [7, 11) is 1.11. The van der Waals surface area contributed by atoms with Crippen molar-refractivity contribution in [2.75, 3.05) is 20.3 Å². The monoisotopic (exact) mass is 348 g/mol. The summed E-state index contributed by atoms with van der Waals surface area (Å²) in [6.45, 7) is -1.29. The molecule has 1 aliphatic heterocycles. The van der Waals surface area contributed by atoms with Crippen molar-refractivity contribution in [2.45, 2.75) is 43.0 Å². The Morgan fingerprint density at radius 3 is 2.71 bits per heavy atom. The Morgan fingerprint density at radius 2 is 2.21 bits per heavy atom. The van der Waals surface area contributed by atoms with Gasteiger partial charge in [0.2, 0.25) is 5.91 Å². The van der Waals surface area contributed by atoms with Crippen LogP contribution in [0.1, 0.15) is 12.8 Å². The lowest BCUT2D eigenvalue weighted by Gasteiger charge is -2.43. The SMILES string of the molecule is CO[C@]1(C(=O)O)CC[C@@H](NC(=O)CN=[N+]=[N-])C([C@H](O)[C@H](O)CO)O1. The van der Waals surface area contributed by atoms with Gasteiger partial charge in [0.1, 0.15) is 24.9 Å². The zero-order valence-corrected chi connectivity index (χ0v) is 12.9. The van der Waals surface area contributed by atoms with Gasteiger partial charge in [-0.05, 0) is 12.0 Å².